The minimum absolute atomic E-state index is 0.168. The van der Waals surface area contributed by atoms with Crippen molar-refractivity contribution in [2.24, 2.45) is 11.8 Å². The Morgan fingerprint density at radius 2 is 0.962 bits per heavy atom. The van der Waals surface area contributed by atoms with Crippen LogP contribution in [0.2, 0.25) is 0 Å². The average Bonchev–Trinajstić information content (AvgIpc) is 2.69. The van der Waals surface area contributed by atoms with E-state index in [4.69, 9.17) is 20.4 Å². The third-order valence-electron chi connectivity index (χ3n) is 3.59. The molecule has 0 aliphatic carbocycles. The normalized spacial score (nSPS) is 11.7. The van der Waals surface area contributed by atoms with Crippen LogP contribution in [0.1, 0.15) is 34.6 Å². The van der Waals surface area contributed by atoms with Crippen molar-refractivity contribution in [1.82, 2.24) is 0 Å². The van der Waals surface area contributed by atoms with E-state index in [1.165, 1.54) is 0 Å². The molecule has 0 heterocycles. The van der Waals surface area contributed by atoms with Crippen molar-refractivity contribution in [1.29, 1.82) is 0 Å². The van der Waals surface area contributed by atoms with Crippen LogP contribution in [0.25, 0.3) is 0 Å². The van der Waals surface area contributed by atoms with Crippen molar-refractivity contribution >= 4 is 11.9 Å². The van der Waals surface area contributed by atoms with Crippen molar-refractivity contribution in [3.63, 3.8) is 0 Å². The maximum atomic E-state index is 10.2. The van der Waals surface area contributed by atoms with Crippen molar-refractivity contribution in [3.05, 3.63) is 71.8 Å². The van der Waals surface area contributed by atoms with Gasteiger partial charge in [0.05, 0.1) is 11.1 Å². The number of aliphatic hydroxyl groups is 2. The van der Waals surface area contributed by atoms with Crippen LogP contribution in [-0.4, -0.2) is 45.6 Å². The standard InChI is InChI=1S/2C7H6O2.C6H14O2/c2*8-7(9)6-4-2-1-3-5-6;1-5(3-7)6(2)4-8/h2*1-5H,(H,8,9);5-8H,3-4H2,1-2H3. The van der Waals surface area contributed by atoms with Gasteiger partial charge in [0.2, 0.25) is 0 Å². The van der Waals surface area contributed by atoms with Gasteiger partial charge < -0.3 is 20.4 Å². The van der Waals surface area contributed by atoms with Gasteiger partial charge >= 0.3 is 11.9 Å². The van der Waals surface area contributed by atoms with Crippen LogP contribution in [0.3, 0.4) is 0 Å². The van der Waals surface area contributed by atoms with Gasteiger partial charge in [-0.15, -0.1) is 0 Å². The van der Waals surface area contributed by atoms with Crippen LogP contribution < -0.4 is 0 Å². The fraction of sp³-hybridized carbons (Fsp3) is 0.300. The lowest BCUT2D eigenvalue weighted by molar-refractivity contribution is 0.0686. The SMILES string of the molecule is CC(CO)C(C)CO.O=C(O)c1ccccc1.O=C(O)c1ccccc1. The Labute approximate surface area is 153 Å². The third-order valence-corrected chi connectivity index (χ3v) is 3.59. The maximum absolute atomic E-state index is 10.2. The zero-order valence-corrected chi connectivity index (χ0v) is 14.9. The lowest BCUT2D eigenvalue weighted by atomic mass is 9.98. The zero-order valence-electron chi connectivity index (χ0n) is 14.9. The highest BCUT2D eigenvalue weighted by Crippen LogP contribution is 2.07. The van der Waals surface area contributed by atoms with E-state index < -0.39 is 11.9 Å². The Kier molecular flexibility index (Phi) is 12.2. The van der Waals surface area contributed by atoms with Crippen molar-refractivity contribution in [3.8, 4) is 0 Å². The molecule has 2 aromatic carbocycles. The number of benzene rings is 2. The van der Waals surface area contributed by atoms with Gasteiger partial charge in [-0.25, -0.2) is 9.59 Å². The molecule has 0 spiro atoms. The van der Waals surface area contributed by atoms with E-state index in [9.17, 15) is 9.59 Å². The summed E-state index contributed by atoms with van der Waals surface area (Å²) in [6, 6.07) is 16.6. The molecule has 2 atom stereocenters. The second kappa shape index (κ2) is 13.6. The first-order valence-electron chi connectivity index (χ1n) is 8.11. The van der Waals surface area contributed by atoms with E-state index in [1.807, 2.05) is 13.8 Å². The molecule has 0 aliphatic heterocycles. The second-order valence-corrected chi connectivity index (χ2v) is 5.66. The Hall–Kier alpha value is -2.70. The predicted molar refractivity (Wildman–Crippen MR) is 99.3 cm³/mol. The number of carboxylic acid groups (broad SMARTS) is 2. The number of aliphatic hydroxyl groups excluding tert-OH is 2. The molecule has 0 bridgehead atoms. The Morgan fingerprint density at radius 1 is 0.692 bits per heavy atom. The third kappa shape index (κ3) is 10.2. The fourth-order valence-corrected chi connectivity index (χ4v) is 1.52. The van der Waals surface area contributed by atoms with Gasteiger partial charge in [0.15, 0.2) is 0 Å². The van der Waals surface area contributed by atoms with Crippen molar-refractivity contribution < 1.29 is 30.0 Å². The molecule has 0 amide bonds. The maximum Gasteiger partial charge on any atom is 0.335 e. The largest absolute Gasteiger partial charge is 0.478 e. The van der Waals surface area contributed by atoms with Crippen LogP contribution in [0, 0.1) is 11.8 Å². The van der Waals surface area contributed by atoms with Crippen LogP contribution in [-0.2, 0) is 0 Å². The molecule has 26 heavy (non-hydrogen) atoms. The topological polar surface area (TPSA) is 115 Å². The molecule has 0 saturated carbocycles. The second-order valence-electron chi connectivity index (χ2n) is 5.66. The summed E-state index contributed by atoms with van der Waals surface area (Å²) in [4.78, 5) is 20.4. The van der Waals surface area contributed by atoms with E-state index in [0.717, 1.165) is 0 Å². The van der Waals surface area contributed by atoms with E-state index in [2.05, 4.69) is 0 Å². The highest BCUT2D eigenvalue weighted by Gasteiger charge is 2.08. The summed E-state index contributed by atoms with van der Waals surface area (Å²) in [5.41, 5.74) is 0.662. The lowest BCUT2D eigenvalue weighted by Gasteiger charge is -2.13. The predicted octanol–water partition coefficient (Wildman–Crippen LogP) is 3.01. The zero-order chi connectivity index (χ0) is 19.9. The molecule has 2 rings (SSSR count). The quantitative estimate of drug-likeness (QED) is 0.650. The number of carbonyl (C=O) groups is 2. The van der Waals surface area contributed by atoms with Gasteiger partial charge in [-0.2, -0.15) is 0 Å². The highest BCUT2D eigenvalue weighted by atomic mass is 16.4. The van der Waals surface area contributed by atoms with Gasteiger partial charge in [0.1, 0.15) is 0 Å². The molecular formula is C20H26O6. The van der Waals surface area contributed by atoms with Crippen LogP contribution in [0.15, 0.2) is 60.7 Å². The highest BCUT2D eigenvalue weighted by molar-refractivity contribution is 5.87. The van der Waals surface area contributed by atoms with Gasteiger partial charge in [-0.05, 0) is 36.1 Å². The summed E-state index contributed by atoms with van der Waals surface area (Å²) in [6.07, 6.45) is 0. The molecule has 4 N–H and O–H groups in total. The summed E-state index contributed by atoms with van der Waals surface area (Å²) in [5.74, 6) is -1.31. The Morgan fingerprint density at radius 3 is 1.12 bits per heavy atom. The number of hydrogen-bond acceptors (Lipinski definition) is 4. The summed E-state index contributed by atoms with van der Waals surface area (Å²) in [6.45, 7) is 4.17. The summed E-state index contributed by atoms with van der Waals surface area (Å²) >= 11 is 0. The van der Waals surface area contributed by atoms with E-state index in [-0.39, 0.29) is 25.0 Å². The first-order valence-corrected chi connectivity index (χ1v) is 8.11. The fourth-order valence-electron chi connectivity index (χ4n) is 1.52. The van der Waals surface area contributed by atoms with Crippen LogP contribution in [0.4, 0.5) is 0 Å². The molecule has 2 aromatic rings. The van der Waals surface area contributed by atoms with E-state index in [0.29, 0.717) is 11.1 Å². The minimum Gasteiger partial charge on any atom is -0.478 e. The molecule has 0 saturated heterocycles. The van der Waals surface area contributed by atoms with E-state index >= 15 is 0 Å². The molecule has 2 unspecified atom stereocenters. The number of carboxylic acids is 2. The minimum atomic E-state index is -0.879. The molecule has 0 radical (unpaired) electrons. The van der Waals surface area contributed by atoms with Crippen molar-refractivity contribution in [2.45, 2.75) is 13.8 Å². The summed E-state index contributed by atoms with van der Waals surface area (Å²) in [5, 5.41) is 33.8. The molecule has 6 nitrogen and oxygen atoms in total. The molecule has 0 fully saturated rings. The first-order chi connectivity index (χ1) is 12.3. The molecule has 142 valence electrons. The molecule has 0 aromatic heterocycles. The monoisotopic (exact) mass is 362 g/mol. The van der Waals surface area contributed by atoms with E-state index in [1.54, 1.807) is 60.7 Å². The molecule has 6 heteroatoms. The number of aromatic carboxylic acids is 2. The van der Waals surface area contributed by atoms with Gasteiger partial charge in [-0.1, -0.05) is 50.2 Å². The van der Waals surface area contributed by atoms with Gasteiger partial charge in [0.25, 0.3) is 0 Å². The van der Waals surface area contributed by atoms with Gasteiger partial charge in [-0.3, -0.25) is 0 Å². The smallest absolute Gasteiger partial charge is 0.335 e. The Balaban J connectivity index is 0.000000362. The molecular weight excluding hydrogens is 336 g/mol. The van der Waals surface area contributed by atoms with Crippen LogP contribution >= 0.6 is 0 Å². The summed E-state index contributed by atoms with van der Waals surface area (Å²) < 4.78 is 0. The first kappa shape index (κ1) is 23.3. The number of hydrogen-bond donors (Lipinski definition) is 4. The lowest BCUT2D eigenvalue weighted by Crippen LogP contribution is -2.15. The van der Waals surface area contributed by atoms with Crippen molar-refractivity contribution in [2.75, 3.05) is 13.2 Å². The number of rotatable bonds is 5. The molecule has 0 aliphatic rings. The Bertz CT molecular complexity index is 570. The summed E-state index contributed by atoms with van der Waals surface area (Å²) in [7, 11) is 0. The van der Waals surface area contributed by atoms with Gasteiger partial charge in [0, 0.05) is 13.2 Å². The van der Waals surface area contributed by atoms with Crippen LogP contribution in [0.5, 0.6) is 0 Å². The average molecular weight is 362 g/mol.